The summed E-state index contributed by atoms with van der Waals surface area (Å²) in [7, 11) is 1.32. The Morgan fingerprint density at radius 3 is 2.22 bits per heavy atom. The standard InChI is InChI=1S/C32H50N4O5/c1-18(2)23-19(3)20(4)33-25(23)28(38)34-24(21-14-12-11-13-15-21)27(37)35-26(31(5,6)7)29(39)36-17-32(8,9)16-22(36)30(40)41-10/h21-22,24,26,33H,1,11-17H2,2-10H3,(H,34,38)(H,35,37)/t22-,24-,26?/m0/s1. The fraction of sp³-hybridized carbons (Fsp3) is 0.688. The Morgan fingerprint density at radius 1 is 1.07 bits per heavy atom. The normalized spacial score (nSPS) is 20.7. The second-order valence-electron chi connectivity index (χ2n) is 13.9. The van der Waals surface area contributed by atoms with E-state index in [2.05, 4.69) is 22.2 Å². The van der Waals surface area contributed by atoms with E-state index < -0.39 is 29.5 Å². The Kier molecular flexibility index (Phi) is 9.81. The summed E-state index contributed by atoms with van der Waals surface area (Å²) in [6.07, 6.45) is 5.16. The second kappa shape index (κ2) is 12.4. The largest absolute Gasteiger partial charge is 0.467 e. The van der Waals surface area contributed by atoms with Crippen LogP contribution in [0, 0.1) is 30.6 Å². The highest BCUT2D eigenvalue weighted by Gasteiger charge is 2.48. The molecule has 0 spiro atoms. The molecule has 1 saturated carbocycles. The lowest BCUT2D eigenvalue weighted by molar-refractivity contribution is -0.153. The van der Waals surface area contributed by atoms with Crippen molar-refractivity contribution in [3.8, 4) is 0 Å². The monoisotopic (exact) mass is 570 g/mol. The van der Waals surface area contributed by atoms with Gasteiger partial charge >= 0.3 is 5.97 Å². The molecule has 0 radical (unpaired) electrons. The van der Waals surface area contributed by atoms with E-state index >= 15 is 0 Å². The van der Waals surface area contributed by atoms with Gasteiger partial charge in [0.15, 0.2) is 0 Å². The third kappa shape index (κ3) is 7.22. The van der Waals surface area contributed by atoms with Crippen LogP contribution in [-0.2, 0) is 19.1 Å². The maximum Gasteiger partial charge on any atom is 0.328 e. The number of nitrogens with zero attached hydrogens (tertiary/aromatic N) is 1. The summed E-state index contributed by atoms with van der Waals surface area (Å²) in [6.45, 7) is 19.8. The number of esters is 1. The maximum absolute atomic E-state index is 14.1. The highest BCUT2D eigenvalue weighted by molar-refractivity contribution is 6.01. The molecule has 1 saturated heterocycles. The molecule has 1 aliphatic carbocycles. The molecule has 2 aliphatic rings. The SMILES string of the molecule is C=C(C)c1c(C(=O)N[C@H](C(=O)NC(C(=O)N2CC(C)(C)C[C@H]2C(=O)OC)C(C)(C)C)C2CCCCC2)[nH]c(C)c1C. The van der Waals surface area contributed by atoms with Crippen LogP contribution in [-0.4, -0.2) is 65.4 Å². The van der Waals surface area contributed by atoms with E-state index in [1.807, 2.05) is 55.4 Å². The fourth-order valence-electron chi connectivity index (χ4n) is 6.40. The first-order valence-corrected chi connectivity index (χ1v) is 14.8. The van der Waals surface area contributed by atoms with Crippen LogP contribution in [0.1, 0.15) is 107 Å². The lowest BCUT2D eigenvalue weighted by atomic mass is 9.82. The molecule has 41 heavy (non-hydrogen) atoms. The summed E-state index contributed by atoms with van der Waals surface area (Å²) < 4.78 is 5.02. The molecule has 1 aromatic rings. The van der Waals surface area contributed by atoms with E-state index in [0.717, 1.165) is 54.5 Å². The minimum absolute atomic E-state index is 0.0533. The van der Waals surface area contributed by atoms with Crippen molar-refractivity contribution < 1.29 is 23.9 Å². The van der Waals surface area contributed by atoms with Gasteiger partial charge in [-0.2, -0.15) is 0 Å². The zero-order valence-corrected chi connectivity index (χ0v) is 26.5. The minimum Gasteiger partial charge on any atom is -0.467 e. The average molecular weight is 571 g/mol. The Morgan fingerprint density at radius 2 is 1.68 bits per heavy atom. The molecule has 228 valence electrons. The third-order valence-electron chi connectivity index (χ3n) is 8.72. The molecule has 2 fully saturated rings. The van der Waals surface area contributed by atoms with Gasteiger partial charge in [-0.25, -0.2) is 4.79 Å². The Hall–Kier alpha value is -3.10. The van der Waals surface area contributed by atoms with Gasteiger partial charge in [0.1, 0.15) is 23.8 Å². The van der Waals surface area contributed by atoms with Crippen molar-refractivity contribution in [2.75, 3.05) is 13.7 Å². The van der Waals surface area contributed by atoms with Gasteiger partial charge in [0.2, 0.25) is 11.8 Å². The first-order chi connectivity index (χ1) is 19.0. The summed E-state index contributed by atoms with van der Waals surface area (Å²) in [6, 6.07) is -2.42. The molecule has 2 heterocycles. The van der Waals surface area contributed by atoms with Gasteiger partial charge in [-0.15, -0.1) is 0 Å². The number of hydrogen-bond donors (Lipinski definition) is 3. The Labute approximate surface area is 245 Å². The molecule has 3 amide bonds. The topological polar surface area (TPSA) is 121 Å². The molecule has 0 aromatic carbocycles. The number of allylic oxidation sites excluding steroid dienone is 1. The lowest BCUT2D eigenvalue weighted by Gasteiger charge is -2.37. The molecule has 1 aliphatic heterocycles. The van der Waals surface area contributed by atoms with Crippen LogP contribution in [0.4, 0.5) is 0 Å². The van der Waals surface area contributed by atoms with Crippen molar-refractivity contribution >= 4 is 29.3 Å². The lowest BCUT2D eigenvalue weighted by Crippen LogP contribution is -2.61. The Balaban J connectivity index is 1.92. The van der Waals surface area contributed by atoms with Crippen molar-refractivity contribution in [2.45, 2.75) is 112 Å². The molecule has 9 nitrogen and oxygen atoms in total. The van der Waals surface area contributed by atoms with Crippen LogP contribution in [0.15, 0.2) is 6.58 Å². The number of hydrogen-bond acceptors (Lipinski definition) is 5. The van der Waals surface area contributed by atoms with Gasteiger partial charge in [-0.1, -0.05) is 60.5 Å². The average Bonchev–Trinajstić information content (AvgIpc) is 3.39. The van der Waals surface area contributed by atoms with Gasteiger partial charge in [-0.3, -0.25) is 14.4 Å². The number of carbonyl (C=O) groups is 4. The molecule has 3 atom stereocenters. The number of carbonyl (C=O) groups excluding carboxylic acids is 4. The van der Waals surface area contributed by atoms with Crippen LogP contribution < -0.4 is 10.6 Å². The smallest absolute Gasteiger partial charge is 0.328 e. The van der Waals surface area contributed by atoms with Gasteiger partial charge in [0, 0.05) is 17.8 Å². The van der Waals surface area contributed by atoms with Crippen LogP contribution in [0.2, 0.25) is 0 Å². The van der Waals surface area contributed by atoms with Crippen LogP contribution in [0.5, 0.6) is 0 Å². The summed E-state index contributed by atoms with van der Waals surface area (Å²) in [5.74, 6) is -1.58. The van der Waals surface area contributed by atoms with E-state index in [1.165, 1.54) is 7.11 Å². The number of nitrogens with one attached hydrogen (secondary N) is 3. The number of amides is 3. The first-order valence-electron chi connectivity index (χ1n) is 14.8. The second-order valence-corrected chi connectivity index (χ2v) is 13.9. The minimum atomic E-state index is -0.903. The molecular formula is C32H50N4O5. The Bertz CT molecular complexity index is 1190. The number of aromatic amines is 1. The van der Waals surface area contributed by atoms with Crippen LogP contribution in [0.25, 0.3) is 5.57 Å². The van der Waals surface area contributed by atoms with Gasteiger partial charge in [0.25, 0.3) is 5.91 Å². The van der Waals surface area contributed by atoms with Gasteiger partial charge in [0.05, 0.1) is 7.11 Å². The number of ether oxygens (including phenoxy) is 1. The highest BCUT2D eigenvalue weighted by Crippen LogP contribution is 2.36. The summed E-state index contributed by atoms with van der Waals surface area (Å²) in [5.41, 5.74) is 2.82. The number of H-pyrrole nitrogens is 1. The van der Waals surface area contributed by atoms with E-state index in [9.17, 15) is 19.2 Å². The summed E-state index contributed by atoms with van der Waals surface area (Å²) in [4.78, 5) is 59.1. The van der Waals surface area contributed by atoms with Crippen LogP contribution in [0.3, 0.4) is 0 Å². The van der Waals surface area contributed by atoms with E-state index in [-0.39, 0.29) is 29.1 Å². The fourth-order valence-corrected chi connectivity index (χ4v) is 6.40. The zero-order valence-electron chi connectivity index (χ0n) is 26.5. The van der Waals surface area contributed by atoms with E-state index in [1.54, 1.807) is 4.90 Å². The molecule has 9 heteroatoms. The van der Waals surface area contributed by atoms with E-state index in [0.29, 0.717) is 18.7 Å². The summed E-state index contributed by atoms with van der Waals surface area (Å²) in [5, 5.41) is 6.05. The van der Waals surface area contributed by atoms with Crippen molar-refractivity contribution in [1.82, 2.24) is 20.5 Å². The highest BCUT2D eigenvalue weighted by atomic mass is 16.5. The number of aryl methyl sites for hydroxylation is 1. The third-order valence-corrected chi connectivity index (χ3v) is 8.72. The molecular weight excluding hydrogens is 520 g/mol. The zero-order chi connectivity index (χ0) is 30.9. The van der Waals surface area contributed by atoms with E-state index in [4.69, 9.17) is 4.74 Å². The van der Waals surface area contributed by atoms with Crippen LogP contribution >= 0.6 is 0 Å². The van der Waals surface area contributed by atoms with Crippen molar-refractivity contribution in [2.24, 2.45) is 16.7 Å². The molecule has 0 bridgehead atoms. The summed E-state index contributed by atoms with van der Waals surface area (Å²) >= 11 is 0. The predicted octanol–water partition coefficient (Wildman–Crippen LogP) is 4.67. The quantitative estimate of drug-likeness (QED) is 0.392. The van der Waals surface area contributed by atoms with Gasteiger partial charge < -0.3 is 25.3 Å². The van der Waals surface area contributed by atoms with Crippen molar-refractivity contribution in [3.05, 3.63) is 29.1 Å². The van der Waals surface area contributed by atoms with Crippen molar-refractivity contribution in [1.29, 1.82) is 0 Å². The molecule has 1 aromatic heterocycles. The maximum atomic E-state index is 14.1. The number of rotatable bonds is 8. The number of methoxy groups -OCH3 is 1. The molecule has 3 N–H and O–H groups in total. The number of likely N-dealkylation sites (tertiary alicyclic amines) is 1. The molecule has 1 unspecified atom stereocenters. The van der Waals surface area contributed by atoms with Crippen molar-refractivity contribution in [3.63, 3.8) is 0 Å². The predicted molar refractivity (Wildman–Crippen MR) is 160 cm³/mol. The first kappa shape index (κ1) is 32.4. The molecule has 3 rings (SSSR count). The number of aromatic nitrogens is 1. The van der Waals surface area contributed by atoms with Gasteiger partial charge in [-0.05, 0) is 67.9 Å².